The molecule has 0 aliphatic carbocycles. The second-order valence-corrected chi connectivity index (χ2v) is 10.0. The predicted octanol–water partition coefficient (Wildman–Crippen LogP) is 6.88. The summed E-state index contributed by atoms with van der Waals surface area (Å²) in [6, 6.07) is 17.6. The summed E-state index contributed by atoms with van der Waals surface area (Å²) in [6.45, 7) is 3.75. The number of amides is 1. The van der Waals surface area contributed by atoms with Gasteiger partial charge < -0.3 is 10.1 Å². The molecule has 10 heteroatoms. The first-order chi connectivity index (χ1) is 17.8. The van der Waals surface area contributed by atoms with Crippen molar-refractivity contribution >= 4 is 67.8 Å². The lowest BCUT2D eigenvalue weighted by Gasteiger charge is -2.14. The van der Waals surface area contributed by atoms with Crippen LogP contribution in [-0.2, 0) is 4.79 Å². The molecule has 1 N–H and O–H groups in total. The number of fused-ring (bicyclic) bond motifs is 1. The smallest absolute Gasteiger partial charge is 0.282 e. The van der Waals surface area contributed by atoms with Crippen molar-refractivity contribution < 1.29 is 9.53 Å². The molecule has 1 heterocycles. The maximum Gasteiger partial charge on any atom is 0.282 e. The third-order valence-electron chi connectivity index (χ3n) is 5.63. The molecule has 7 nitrogen and oxygen atoms in total. The Labute approximate surface area is 232 Å². The van der Waals surface area contributed by atoms with Gasteiger partial charge in [0, 0.05) is 16.1 Å². The Balaban J connectivity index is 1.58. The van der Waals surface area contributed by atoms with Crippen molar-refractivity contribution in [2.24, 2.45) is 5.10 Å². The Morgan fingerprint density at radius 2 is 1.86 bits per heavy atom. The maximum atomic E-state index is 13.3. The molecule has 0 aliphatic heterocycles. The third kappa shape index (κ3) is 6.39. The van der Waals surface area contributed by atoms with Crippen molar-refractivity contribution in [3.63, 3.8) is 0 Å². The molecule has 0 spiro atoms. The Morgan fingerprint density at radius 3 is 2.54 bits per heavy atom. The number of carbonyl (C=O) groups excluding carboxylic acids is 1. The van der Waals surface area contributed by atoms with E-state index in [1.165, 1.54) is 10.9 Å². The Bertz CT molecular complexity index is 1520. The predicted molar refractivity (Wildman–Crippen MR) is 152 cm³/mol. The minimum atomic E-state index is -0.351. The van der Waals surface area contributed by atoms with Crippen molar-refractivity contribution in [2.45, 2.75) is 26.2 Å². The minimum absolute atomic E-state index is 0.00267. The summed E-state index contributed by atoms with van der Waals surface area (Å²) in [6.07, 6.45) is 2.27. The highest BCUT2D eigenvalue weighted by molar-refractivity contribution is 9.10. The standard InChI is InChI=1S/C27H23BrCl2N4O3/c1-3-16(2)26-33-23-10-9-18(28)13-20(23)27(36)34(26)31-14-17-11-21(29)25(22(30)12-17)37-15-24(35)32-19-7-5-4-6-8-19/h4-14,16H,3,15H2,1-2H3,(H,32,35)/t16-/m0/s1. The van der Waals surface area contributed by atoms with E-state index in [9.17, 15) is 9.59 Å². The molecule has 0 saturated heterocycles. The van der Waals surface area contributed by atoms with Crippen molar-refractivity contribution in [1.82, 2.24) is 9.66 Å². The number of nitrogens with one attached hydrogen (secondary N) is 1. The molecule has 37 heavy (non-hydrogen) atoms. The number of rotatable bonds is 8. The minimum Gasteiger partial charge on any atom is -0.481 e. The molecule has 0 unspecified atom stereocenters. The molecule has 4 aromatic rings. The summed E-state index contributed by atoms with van der Waals surface area (Å²) in [7, 11) is 0. The van der Waals surface area contributed by atoms with E-state index in [1.54, 1.807) is 36.4 Å². The van der Waals surface area contributed by atoms with Gasteiger partial charge in [0.1, 0.15) is 5.82 Å². The van der Waals surface area contributed by atoms with Gasteiger partial charge in [-0.1, -0.05) is 71.2 Å². The first kappa shape index (κ1) is 26.9. The molecule has 0 radical (unpaired) electrons. The average molecular weight is 602 g/mol. The number of aromatic nitrogens is 2. The normalized spacial score (nSPS) is 12.1. The SMILES string of the molecule is CC[C@H](C)c1nc2ccc(Br)cc2c(=O)n1N=Cc1cc(Cl)c(OCC(=O)Nc2ccccc2)c(Cl)c1. The van der Waals surface area contributed by atoms with Gasteiger partial charge in [-0.2, -0.15) is 9.78 Å². The van der Waals surface area contributed by atoms with Crippen LogP contribution < -0.4 is 15.6 Å². The van der Waals surface area contributed by atoms with E-state index in [-0.39, 0.29) is 39.8 Å². The number of carbonyl (C=O) groups is 1. The maximum absolute atomic E-state index is 13.3. The highest BCUT2D eigenvalue weighted by Gasteiger charge is 2.16. The lowest BCUT2D eigenvalue weighted by atomic mass is 10.1. The van der Waals surface area contributed by atoms with Gasteiger partial charge >= 0.3 is 0 Å². The lowest BCUT2D eigenvalue weighted by Crippen LogP contribution is -2.23. The van der Waals surface area contributed by atoms with Crippen LogP contribution in [0.1, 0.15) is 37.6 Å². The summed E-state index contributed by atoms with van der Waals surface area (Å²) in [5, 5.41) is 8.03. The largest absolute Gasteiger partial charge is 0.481 e. The lowest BCUT2D eigenvalue weighted by molar-refractivity contribution is -0.118. The number of hydrogen-bond donors (Lipinski definition) is 1. The monoisotopic (exact) mass is 600 g/mol. The fourth-order valence-corrected chi connectivity index (χ4v) is 4.53. The number of nitrogens with zero attached hydrogens (tertiary/aromatic N) is 3. The molecule has 1 atom stereocenters. The van der Waals surface area contributed by atoms with E-state index in [1.807, 2.05) is 38.1 Å². The fourth-order valence-electron chi connectivity index (χ4n) is 3.55. The molecular formula is C27H23BrCl2N4O3. The molecule has 190 valence electrons. The Morgan fingerprint density at radius 1 is 1.16 bits per heavy atom. The van der Waals surface area contributed by atoms with Crippen LogP contribution in [0.3, 0.4) is 0 Å². The Hall–Kier alpha value is -3.20. The summed E-state index contributed by atoms with van der Waals surface area (Å²) >= 11 is 16.2. The topological polar surface area (TPSA) is 85.6 Å². The van der Waals surface area contributed by atoms with Crippen LogP contribution in [0.25, 0.3) is 10.9 Å². The van der Waals surface area contributed by atoms with E-state index in [4.69, 9.17) is 32.9 Å². The van der Waals surface area contributed by atoms with Gasteiger partial charge in [-0.3, -0.25) is 9.59 Å². The molecule has 0 aliphatic rings. The summed E-state index contributed by atoms with van der Waals surface area (Å²) in [5.74, 6) is 0.387. The summed E-state index contributed by atoms with van der Waals surface area (Å²) in [5.41, 5.74) is 1.54. The van der Waals surface area contributed by atoms with E-state index < -0.39 is 0 Å². The van der Waals surface area contributed by atoms with Crippen LogP contribution in [-0.4, -0.2) is 28.4 Å². The third-order valence-corrected chi connectivity index (χ3v) is 6.69. The number of para-hydroxylation sites is 1. The quantitative estimate of drug-likeness (QED) is 0.223. The van der Waals surface area contributed by atoms with Crippen LogP contribution in [0.15, 0.2) is 75.0 Å². The Kier molecular flexibility index (Phi) is 8.63. The van der Waals surface area contributed by atoms with Crippen LogP contribution in [0, 0.1) is 0 Å². The van der Waals surface area contributed by atoms with Crippen LogP contribution in [0.2, 0.25) is 10.0 Å². The summed E-state index contributed by atoms with van der Waals surface area (Å²) in [4.78, 5) is 30.2. The number of hydrogen-bond acceptors (Lipinski definition) is 5. The highest BCUT2D eigenvalue weighted by Crippen LogP contribution is 2.34. The van der Waals surface area contributed by atoms with E-state index >= 15 is 0 Å². The van der Waals surface area contributed by atoms with Gasteiger partial charge in [0.15, 0.2) is 12.4 Å². The van der Waals surface area contributed by atoms with Gasteiger partial charge in [0.25, 0.3) is 11.5 Å². The molecule has 0 bridgehead atoms. The van der Waals surface area contributed by atoms with Gasteiger partial charge in [0.2, 0.25) is 0 Å². The highest BCUT2D eigenvalue weighted by atomic mass is 79.9. The fraction of sp³-hybridized carbons (Fsp3) is 0.185. The zero-order valence-corrected chi connectivity index (χ0v) is 23.1. The van der Waals surface area contributed by atoms with Gasteiger partial charge in [-0.15, -0.1) is 0 Å². The van der Waals surface area contributed by atoms with Crippen LogP contribution >= 0.6 is 39.1 Å². The molecule has 1 amide bonds. The second-order valence-electron chi connectivity index (χ2n) is 8.32. The number of anilines is 1. The number of halogens is 3. The molecule has 0 saturated carbocycles. The van der Waals surface area contributed by atoms with Crippen molar-refractivity contribution in [3.05, 3.63) is 96.9 Å². The molecule has 3 aromatic carbocycles. The number of benzene rings is 3. The average Bonchev–Trinajstić information content (AvgIpc) is 2.88. The van der Waals surface area contributed by atoms with Crippen molar-refractivity contribution in [1.29, 1.82) is 0 Å². The summed E-state index contributed by atoms with van der Waals surface area (Å²) < 4.78 is 7.66. The van der Waals surface area contributed by atoms with E-state index in [0.717, 1.165) is 10.9 Å². The van der Waals surface area contributed by atoms with Gasteiger partial charge in [0.05, 0.1) is 27.2 Å². The van der Waals surface area contributed by atoms with Crippen molar-refractivity contribution in [2.75, 3.05) is 11.9 Å². The van der Waals surface area contributed by atoms with Crippen LogP contribution in [0.5, 0.6) is 5.75 Å². The first-order valence-electron chi connectivity index (χ1n) is 11.5. The zero-order chi connectivity index (χ0) is 26.5. The molecule has 0 fully saturated rings. The van der Waals surface area contributed by atoms with E-state index in [2.05, 4.69) is 26.3 Å². The van der Waals surface area contributed by atoms with Crippen molar-refractivity contribution in [3.8, 4) is 5.75 Å². The zero-order valence-electron chi connectivity index (χ0n) is 20.0. The van der Waals surface area contributed by atoms with Crippen LogP contribution in [0.4, 0.5) is 5.69 Å². The molecular weight excluding hydrogens is 579 g/mol. The van der Waals surface area contributed by atoms with E-state index in [0.29, 0.717) is 28.0 Å². The van der Waals surface area contributed by atoms with Gasteiger partial charge in [-0.05, 0) is 54.4 Å². The molecule has 4 rings (SSSR count). The second kappa shape index (κ2) is 11.9. The number of ether oxygens (including phenoxy) is 1. The first-order valence-corrected chi connectivity index (χ1v) is 13.0. The van der Waals surface area contributed by atoms with Gasteiger partial charge in [-0.25, -0.2) is 4.98 Å². The molecule has 1 aromatic heterocycles.